The van der Waals surface area contributed by atoms with Gasteiger partial charge in [-0.15, -0.1) is 23.5 Å². The van der Waals surface area contributed by atoms with Gasteiger partial charge in [0.2, 0.25) is 0 Å². The first kappa shape index (κ1) is 14.5. The molecule has 0 saturated heterocycles. The zero-order valence-corrected chi connectivity index (χ0v) is 13.5. The summed E-state index contributed by atoms with van der Waals surface area (Å²) < 4.78 is 14.1. The van der Waals surface area contributed by atoms with Gasteiger partial charge in [-0.3, -0.25) is 0 Å². The maximum Gasteiger partial charge on any atom is 0.131 e. The van der Waals surface area contributed by atoms with E-state index in [1.54, 1.807) is 29.6 Å². The molecule has 3 aromatic carbocycles. The van der Waals surface area contributed by atoms with E-state index in [1.807, 2.05) is 24.5 Å². The average Bonchev–Trinajstić information content (AvgIpc) is 2.53. The van der Waals surface area contributed by atoms with Crippen molar-refractivity contribution in [3.63, 3.8) is 0 Å². The molecule has 3 rings (SSSR count). The number of halogens is 1. The first-order valence-corrected chi connectivity index (χ1v) is 9.09. The summed E-state index contributed by atoms with van der Waals surface area (Å²) in [6.07, 6.45) is 4.12. The number of benzene rings is 3. The van der Waals surface area contributed by atoms with Crippen LogP contribution in [-0.2, 0) is 0 Å². The second-order valence-corrected chi connectivity index (χ2v) is 6.41. The van der Waals surface area contributed by atoms with E-state index in [2.05, 4.69) is 30.5 Å². The first-order valence-electron chi connectivity index (χ1n) is 6.64. The highest BCUT2D eigenvalue weighted by Gasteiger charge is 2.12. The summed E-state index contributed by atoms with van der Waals surface area (Å²) in [6.45, 7) is 0. The Morgan fingerprint density at radius 3 is 2.33 bits per heavy atom. The van der Waals surface area contributed by atoms with Gasteiger partial charge in [-0.1, -0.05) is 36.4 Å². The molecule has 0 aliphatic rings. The van der Waals surface area contributed by atoms with Gasteiger partial charge in [0.25, 0.3) is 0 Å². The molecule has 0 bridgehead atoms. The average molecular weight is 314 g/mol. The number of hydrogen-bond acceptors (Lipinski definition) is 2. The van der Waals surface area contributed by atoms with Crippen molar-refractivity contribution in [2.24, 2.45) is 0 Å². The third-order valence-corrected chi connectivity index (χ3v) is 5.12. The minimum atomic E-state index is -0.173. The van der Waals surface area contributed by atoms with E-state index < -0.39 is 0 Å². The molecule has 0 aliphatic heterocycles. The van der Waals surface area contributed by atoms with Crippen molar-refractivity contribution in [1.82, 2.24) is 0 Å². The van der Waals surface area contributed by atoms with Crippen molar-refractivity contribution in [2.45, 2.75) is 9.79 Å². The molecule has 0 aliphatic carbocycles. The maximum atomic E-state index is 14.1. The topological polar surface area (TPSA) is 0 Å². The number of rotatable bonds is 3. The summed E-state index contributed by atoms with van der Waals surface area (Å²) in [5.41, 5.74) is 1.63. The Morgan fingerprint density at radius 1 is 0.810 bits per heavy atom. The molecule has 0 saturated carbocycles. The van der Waals surface area contributed by atoms with Crippen molar-refractivity contribution in [1.29, 1.82) is 0 Å². The lowest BCUT2D eigenvalue weighted by Gasteiger charge is -2.13. The predicted molar refractivity (Wildman–Crippen MR) is 92.9 cm³/mol. The van der Waals surface area contributed by atoms with E-state index in [4.69, 9.17) is 0 Å². The normalized spacial score (nSPS) is 11.0. The lowest BCUT2D eigenvalue weighted by atomic mass is 10.0. The predicted octanol–water partition coefficient (Wildman–Crippen LogP) is 6.09. The van der Waals surface area contributed by atoms with E-state index in [9.17, 15) is 4.39 Å². The Bertz CT molecular complexity index is 796. The fourth-order valence-corrected chi connectivity index (χ4v) is 3.77. The van der Waals surface area contributed by atoms with E-state index in [-0.39, 0.29) is 5.82 Å². The Balaban J connectivity index is 2.28. The Labute approximate surface area is 132 Å². The summed E-state index contributed by atoms with van der Waals surface area (Å²) in [7, 11) is 0. The van der Waals surface area contributed by atoms with Crippen LogP contribution < -0.4 is 0 Å². The van der Waals surface area contributed by atoms with Gasteiger partial charge in [0.1, 0.15) is 5.82 Å². The second-order valence-electron chi connectivity index (χ2n) is 4.71. The summed E-state index contributed by atoms with van der Waals surface area (Å²) in [6, 6.07) is 17.5. The van der Waals surface area contributed by atoms with Crippen LogP contribution in [0.5, 0.6) is 0 Å². The second kappa shape index (κ2) is 6.12. The van der Waals surface area contributed by atoms with E-state index in [0.717, 1.165) is 10.5 Å². The zero-order valence-electron chi connectivity index (χ0n) is 11.9. The molecule has 0 fully saturated rings. The van der Waals surface area contributed by atoms with Gasteiger partial charge < -0.3 is 0 Å². The summed E-state index contributed by atoms with van der Waals surface area (Å²) in [4.78, 5) is 2.37. The highest BCUT2D eigenvalue weighted by atomic mass is 32.2. The fourth-order valence-electron chi connectivity index (χ4n) is 2.52. The smallest absolute Gasteiger partial charge is 0.131 e. The largest absolute Gasteiger partial charge is 0.206 e. The molecule has 0 aromatic heterocycles. The minimum Gasteiger partial charge on any atom is -0.206 e. The molecule has 21 heavy (non-hydrogen) atoms. The molecule has 0 unspecified atom stereocenters. The van der Waals surface area contributed by atoms with E-state index >= 15 is 0 Å². The third-order valence-electron chi connectivity index (χ3n) is 3.55. The van der Waals surface area contributed by atoms with Crippen LogP contribution in [-0.4, -0.2) is 12.5 Å². The molecule has 0 N–H and O–H groups in total. The minimum absolute atomic E-state index is 0.173. The Kier molecular flexibility index (Phi) is 4.22. The molecule has 0 atom stereocenters. The van der Waals surface area contributed by atoms with Crippen LogP contribution >= 0.6 is 23.5 Å². The SMILES string of the molecule is CSc1ccc2c(SC)c(-c3ccccc3F)ccc2c1. The van der Waals surface area contributed by atoms with Crippen molar-refractivity contribution in [3.8, 4) is 11.1 Å². The third kappa shape index (κ3) is 2.68. The van der Waals surface area contributed by atoms with Crippen LogP contribution in [0.3, 0.4) is 0 Å². The van der Waals surface area contributed by atoms with Gasteiger partial charge in [-0.05, 0) is 47.0 Å². The van der Waals surface area contributed by atoms with Gasteiger partial charge in [0.15, 0.2) is 0 Å². The summed E-state index contributed by atoms with van der Waals surface area (Å²) >= 11 is 3.40. The maximum absolute atomic E-state index is 14.1. The van der Waals surface area contributed by atoms with Gasteiger partial charge in [0, 0.05) is 15.4 Å². The van der Waals surface area contributed by atoms with Gasteiger partial charge >= 0.3 is 0 Å². The number of thioether (sulfide) groups is 2. The zero-order chi connectivity index (χ0) is 14.8. The monoisotopic (exact) mass is 314 g/mol. The molecule has 106 valence electrons. The molecule has 0 heterocycles. The molecule has 3 aromatic rings. The Hall–Kier alpha value is -1.45. The van der Waals surface area contributed by atoms with Gasteiger partial charge in [-0.25, -0.2) is 4.39 Å². The molecule has 0 radical (unpaired) electrons. The number of fused-ring (bicyclic) bond motifs is 1. The van der Waals surface area contributed by atoms with Crippen LogP contribution in [0.4, 0.5) is 4.39 Å². The fraction of sp³-hybridized carbons (Fsp3) is 0.111. The van der Waals surface area contributed by atoms with Gasteiger partial charge in [0.05, 0.1) is 0 Å². The Morgan fingerprint density at radius 2 is 1.62 bits per heavy atom. The van der Waals surface area contributed by atoms with Crippen LogP contribution in [0.15, 0.2) is 64.4 Å². The lowest BCUT2D eigenvalue weighted by molar-refractivity contribution is 0.631. The summed E-state index contributed by atoms with van der Waals surface area (Å²) in [5.74, 6) is -0.173. The first-order chi connectivity index (χ1) is 10.2. The molecule has 3 heteroatoms. The molecule has 0 amide bonds. The van der Waals surface area contributed by atoms with Crippen LogP contribution in [0, 0.1) is 5.82 Å². The summed E-state index contributed by atoms with van der Waals surface area (Å²) in [5, 5.41) is 2.38. The highest BCUT2D eigenvalue weighted by molar-refractivity contribution is 7.99. The molecular weight excluding hydrogens is 299 g/mol. The van der Waals surface area contributed by atoms with Crippen molar-refractivity contribution in [3.05, 3.63) is 60.4 Å². The quantitative estimate of drug-likeness (QED) is 0.536. The van der Waals surface area contributed by atoms with Crippen molar-refractivity contribution < 1.29 is 4.39 Å². The van der Waals surface area contributed by atoms with Crippen LogP contribution in [0.1, 0.15) is 0 Å². The highest BCUT2D eigenvalue weighted by Crippen LogP contribution is 2.38. The van der Waals surface area contributed by atoms with Crippen LogP contribution in [0.2, 0.25) is 0 Å². The lowest BCUT2D eigenvalue weighted by Crippen LogP contribution is -1.88. The van der Waals surface area contributed by atoms with Crippen molar-refractivity contribution >= 4 is 34.3 Å². The van der Waals surface area contributed by atoms with E-state index in [0.29, 0.717) is 5.56 Å². The molecular formula is C18H15FS2. The van der Waals surface area contributed by atoms with Gasteiger partial charge in [-0.2, -0.15) is 0 Å². The molecule has 0 nitrogen and oxygen atoms in total. The number of hydrogen-bond donors (Lipinski definition) is 0. The van der Waals surface area contributed by atoms with E-state index in [1.165, 1.54) is 21.7 Å². The molecule has 0 spiro atoms. The standard InChI is InChI=1S/C18H15FS2/c1-20-13-8-10-14-12(11-13)7-9-16(18(14)21-2)15-5-3-4-6-17(15)19/h3-11H,1-2H3. The van der Waals surface area contributed by atoms with Crippen molar-refractivity contribution in [2.75, 3.05) is 12.5 Å². The van der Waals surface area contributed by atoms with Crippen LogP contribution in [0.25, 0.3) is 21.9 Å².